The van der Waals surface area contributed by atoms with E-state index in [1.807, 2.05) is 66.1 Å². The summed E-state index contributed by atoms with van der Waals surface area (Å²) in [5, 5.41) is 12.2. The average Bonchev–Trinajstić information content (AvgIpc) is 3.05. The Balaban J connectivity index is 1.94. The Hall–Kier alpha value is -1.97. The summed E-state index contributed by atoms with van der Waals surface area (Å²) < 4.78 is 1.17. The molecule has 0 radical (unpaired) electrons. The second kappa shape index (κ2) is 6.86. The van der Waals surface area contributed by atoms with Crippen LogP contribution < -0.4 is 0 Å². The molecule has 0 aliphatic rings. The molecule has 1 aromatic heterocycles. The van der Waals surface area contributed by atoms with Crippen LogP contribution >= 0.6 is 33.9 Å². The number of nitriles is 1. The number of halogens is 1. The number of nitrogens with zero attached hydrogens (tertiary/aromatic N) is 2. The maximum atomic E-state index is 9.42. The fraction of sp³-hybridized carbons (Fsp3) is 0. The van der Waals surface area contributed by atoms with E-state index in [0.29, 0.717) is 5.57 Å². The molecule has 0 unspecified atom stereocenters. The molecule has 1 heterocycles. The van der Waals surface area contributed by atoms with E-state index in [1.165, 1.54) is 14.9 Å². The molecule has 0 saturated heterocycles. The van der Waals surface area contributed by atoms with E-state index in [-0.39, 0.29) is 0 Å². The van der Waals surface area contributed by atoms with Gasteiger partial charge in [0.15, 0.2) is 0 Å². The van der Waals surface area contributed by atoms with Gasteiger partial charge in [0, 0.05) is 14.5 Å². The molecule has 3 aromatic rings. The molecule has 0 aliphatic carbocycles. The van der Waals surface area contributed by atoms with E-state index in [0.717, 1.165) is 21.8 Å². The number of hydrogen-bond acceptors (Lipinski definition) is 3. The minimum Gasteiger partial charge on any atom is -0.235 e. The van der Waals surface area contributed by atoms with Gasteiger partial charge in [-0.15, -0.1) is 11.3 Å². The topological polar surface area (TPSA) is 36.7 Å². The minimum atomic E-state index is 0.591. The van der Waals surface area contributed by atoms with Gasteiger partial charge in [-0.1, -0.05) is 42.5 Å². The molecule has 2 nitrogen and oxygen atoms in total. The smallest absolute Gasteiger partial charge is 0.134 e. The molecule has 3 rings (SSSR count). The summed E-state index contributed by atoms with van der Waals surface area (Å²) in [5.41, 5.74) is 3.57. The van der Waals surface area contributed by atoms with Crippen molar-refractivity contribution in [2.45, 2.75) is 0 Å². The minimum absolute atomic E-state index is 0.591. The third-order valence-corrected chi connectivity index (χ3v) is 4.70. The SMILES string of the molecule is N#C/C(=C/c1ccc(I)cc1)c1nc(-c2ccccc2)cs1. The Labute approximate surface area is 146 Å². The number of allylic oxidation sites excluding steroid dienone is 1. The summed E-state index contributed by atoms with van der Waals surface area (Å²) >= 11 is 3.76. The van der Waals surface area contributed by atoms with Gasteiger partial charge in [-0.05, 0) is 46.4 Å². The second-order valence-corrected chi connectivity index (χ2v) is 6.73. The Bertz CT molecular complexity index is 843. The van der Waals surface area contributed by atoms with Gasteiger partial charge in [-0.25, -0.2) is 4.98 Å². The van der Waals surface area contributed by atoms with Gasteiger partial charge in [0.2, 0.25) is 0 Å². The maximum Gasteiger partial charge on any atom is 0.134 e. The molecule has 0 N–H and O–H groups in total. The fourth-order valence-electron chi connectivity index (χ4n) is 2.01. The summed E-state index contributed by atoms with van der Waals surface area (Å²) in [6.07, 6.45) is 1.88. The molecule has 106 valence electrons. The predicted octanol–water partition coefficient (Wildman–Crippen LogP) is 5.48. The van der Waals surface area contributed by atoms with Crippen molar-refractivity contribution in [3.05, 3.63) is 74.1 Å². The fourth-order valence-corrected chi connectivity index (χ4v) is 3.16. The molecule has 0 amide bonds. The van der Waals surface area contributed by atoms with E-state index in [2.05, 4.69) is 33.6 Å². The first-order valence-electron chi connectivity index (χ1n) is 6.65. The van der Waals surface area contributed by atoms with Crippen molar-refractivity contribution in [1.29, 1.82) is 5.26 Å². The van der Waals surface area contributed by atoms with Crippen LogP contribution in [0.1, 0.15) is 10.6 Å². The van der Waals surface area contributed by atoms with Gasteiger partial charge in [-0.2, -0.15) is 5.26 Å². The number of benzene rings is 2. The second-order valence-electron chi connectivity index (χ2n) is 4.63. The number of hydrogen-bond donors (Lipinski definition) is 0. The molecular formula is C18H11IN2S. The van der Waals surface area contributed by atoms with Crippen LogP contribution in [0.3, 0.4) is 0 Å². The Morgan fingerprint density at radius 3 is 2.50 bits per heavy atom. The summed E-state index contributed by atoms with van der Waals surface area (Å²) in [7, 11) is 0. The largest absolute Gasteiger partial charge is 0.235 e. The maximum absolute atomic E-state index is 9.42. The van der Waals surface area contributed by atoms with Gasteiger partial charge >= 0.3 is 0 Å². The quantitative estimate of drug-likeness (QED) is 0.421. The normalized spacial score (nSPS) is 11.2. The third-order valence-electron chi connectivity index (χ3n) is 3.11. The Morgan fingerprint density at radius 1 is 1.09 bits per heavy atom. The van der Waals surface area contributed by atoms with Gasteiger partial charge < -0.3 is 0 Å². The lowest BCUT2D eigenvalue weighted by molar-refractivity contribution is 1.37. The number of thiazole rings is 1. The first-order valence-corrected chi connectivity index (χ1v) is 8.61. The Morgan fingerprint density at radius 2 is 1.82 bits per heavy atom. The first kappa shape index (κ1) is 14.9. The van der Waals surface area contributed by atoms with Crippen molar-refractivity contribution in [3.63, 3.8) is 0 Å². The van der Waals surface area contributed by atoms with Crippen molar-refractivity contribution < 1.29 is 0 Å². The van der Waals surface area contributed by atoms with Crippen LogP contribution in [0.25, 0.3) is 22.9 Å². The lowest BCUT2D eigenvalue weighted by atomic mass is 10.1. The average molecular weight is 414 g/mol. The van der Waals surface area contributed by atoms with Crippen LogP contribution in [0.15, 0.2) is 60.0 Å². The lowest BCUT2D eigenvalue weighted by Crippen LogP contribution is -1.83. The Kier molecular flexibility index (Phi) is 4.66. The number of aromatic nitrogens is 1. The van der Waals surface area contributed by atoms with Crippen molar-refractivity contribution >= 4 is 45.6 Å². The highest BCUT2D eigenvalue weighted by atomic mass is 127. The van der Waals surface area contributed by atoms with E-state index in [4.69, 9.17) is 0 Å². The monoisotopic (exact) mass is 414 g/mol. The third kappa shape index (κ3) is 3.43. The molecule has 22 heavy (non-hydrogen) atoms. The zero-order chi connectivity index (χ0) is 15.4. The van der Waals surface area contributed by atoms with Crippen molar-refractivity contribution in [1.82, 2.24) is 4.98 Å². The highest BCUT2D eigenvalue weighted by Crippen LogP contribution is 2.27. The van der Waals surface area contributed by atoms with Crippen LogP contribution in [-0.4, -0.2) is 4.98 Å². The van der Waals surface area contributed by atoms with Crippen molar-refractivity contribution in [2.75, 3.05) is 0 Å². The molecule has 0 fully saturated rings. The molecule has 4 heteroatoms. The zero-order valence-electron chi connectivity index (χ0n) is 11.5. The molecule has 0 atom stereocenters. The summed E-state index contributed by atoms with van der Waals surface area (Å²) in [6.45, 7) is 0. The predicted molar refractivity (Wildman–Crippen MR) is 100 cm³/mol. The van der Waals surface area contributed by atoms with Crippen LogP contribution in [-0.2, 0) is 0 Å². The molecule has 0 aliphatic heterocycles. The first-order chi connectivity index (χ1) is 10.8. The highest BCUT2D eigenvalue weighted by Gasteiger charge is 2.08. The summed E-state index contributed by atoms with van der Waals surface area (Å²) in [6, 6.07) is 20.3. The summed E-state index contributed by atoms with van der Waals surface area (Å²) in [5.74, 6) is 0. The van der Waals surface area contributed by atoms with Crippen molar-refractivity contribution in [2.24, 2.45) is 0 Å². The van der Waals surface area contributed by atoms with E-state index in [1.54, 1.807) is 0 Å². The number of rotatable bonds is 3. The van der Waals surface area contributed by atoms with Gasteiger partial charge in [0.1, 0.15) is 11.1 Å². The van der Waals surface area contributed by atoms with E-state index >= 15 is 0 Å². The standard InChI is InChI=1S/C18H11IN2S/c19-16-8-6-13(7-9-16)10-15(11-20)18-21-17(12-22-18)14-4-2-1-3-5-14/h1-10,12H/b15-10-. The van der Waals surface area contributed by atoms with Crippen LogP contribution in [0.4, 0.5) is 0 Å². The van der Waals surface area contributed by atoms with Gasteiger partial charge in [0.05, 0.1) is 11.3 Å². The summed E-state index contributed by atoms with van der Waals surface area (Å²) in [4.78, 5) is 4.59. The van der Waals surface area contributed by atoms with Gasteiger partial charge in [-0.3, -0.25) is 0 Å². The van der Waals surface area contributed by atoms with Crippen LogP contribution in [0.2, 0.25) is 0 Å². The van der Waals surface area contributed by atoms with Gasteiger partial charge in [0.25, 0.3) is 0 Å². The zero-order valence-corrected chi connectivity index (χ0v) is 14.5. The molecular weight excluding hydrogens is 403 g/mol. The van der Waals surface area contributed by atoms with Crippen LogP contribution in [0.5, 0.6) is 0 Å². The highest BCUT2D eigenvalue weighted by molar-refractivity contribution is 14.1. The van der Waals surface area contributed by atoms with Crippen LogP contribution in [0, 0.1) is 14.9 Å². The molecule has 2 aromatic carbocycles. The van der Waals surface area contributed by atoms with Crippen molar-refractivity contribution in [3.8, 4) is 17.3 Å². The molecule has 0 spiro atoms. The lowest BCUT2D eigenvalue weighted by Gasteiger charge is -1.97. The van der Waals surface area contributed by atoms with E-state index in [9.17, 15) is 5.26 Å². The molecule has 0 saturated carbocycles. The molecule has 0 bridgehead atoms. The van der Waals surface area contributed by atoms with E-state index < -0.39 is 0 Å².